The van der Waals surface area contributed by atoms with E-state index in [1.54, 1.807) is 0 Å². The lowest BCUT2D eigenvalue weighted by molar-refractivity contribution is -0.135. The second-order valence-electron chi connectivity index (χ2n) is 1.75. The number of aliphatic carboxylic acids is 1. The van der Waals surface area contributed by atoms with Gasteiger partial charge in [-0.05, 0) is 13.0 Å². The van der Waals surface area contributed by atoms with Gasteiger partial charge in [0.15, 0.2) is 0 Å². The van der Waals surface area contributed by atoms with Crippen LogP contribution in [0.25, 0.3) is 0 Å². The highest BCUT2D eigenvalue weighted by molar-refractivity contribution is 7.86. The van der Waals surface area contributed by atoms with Crippen LogP contribution in [0.15, 0.2) is 11.8 Å². The number of rotatable bonds is 3. The summed E-state index contributed by atoms with van der Waals surface area (Å²) >= 11 is 0. The Labute approximate surface area is 64.4 Å². The molecule has 0 saturated heterocycles. The van der Waals surface area contributed by atoms with Crippen molar-refractivity contribution in [1.82, 2.24) is 0 Å². The number of carboxylic acids is 1. The van der Waals surface area contributed by atoms with E-state index in [9.17, 15) is 13.2 Å². The fourth-order valence-electron chi connectivity index (χ4n) is 0.370. The molecule has 0 radical (unpaired) electrons. The van der Waals surface area contributed by atoms with E-state index in [2.05, 4.69) is 4.18 Å². The van der Waals surface area contributed by atoms with E-state index >= 15 is 0 Å². The van der Waals surface area contributed by atoms with E-state index in [0.29, 0.717) is 0 Å². The van der Waals surface area contributed by atoms with Crippen molar-refractivity contribution in [1.29, 1.82) is 0 Å². The summed E-state index contributed by atoms with van der Waals surface area (Å²) in [5.41, 5.74) is 0. The Morgan fingerprint density at radius 2 is 2.00 bits per heavy atom. The molecule has 5 nitrogen and oxygen atoms in total. The molecule has 0 aliphatic heterocycles. The summed E-state index contributed by atoms with van der Waals surface area (Å²) < 4.78 is 24.8. The molecule has 0 amide bonds. The van der Waals surface area contributed by atoms with Crippen LogP contribution in [-0.2, 0) is 19.1 Å². The van der Waals surface area contributed by atoms with Gasteiger partial charge < -0.3 is 9.29 Å². The molecule has 64 valence electrons. The first-order valence-electron chi connectivity index (χ1n) is 2.66. The maximum absolute atomic E-state index is 10.4. The van der Waals surface area contributed by atoms with Gasteiger partial charge in [-0.1, -0.05) is 0 Å². The summed E-state index contributed by atoms with van der Waals surface area (Å²) in [7, 11) is -3.73. The first kappa shape index (κ1) is 9.96. The molecular formula is C5H8O5S. The van der Waals surface area contributed by atoms with Crippen LogP contribution < -0.4 is 0 Å². The Morgan fingerprint density at radius 3 is 2.09 bits per heavy atom. The summed E-state index contributed by atoms with van der Waals surface area (Å²) in [6, 6.07) is 0. The number of allylic oxidation sites excluding steroid dienone is 1. The third-order valence-electron chi connectivity index (χ3n) is 0.714. The van der Waals surface area contributed by atoms with Crippen LogP contribution in [0.4, 0.5) is 0 Å². The minimum atomic E-state index is -3.73. The van der Waals surface area contributed by atoms with E-state index < -0.39 is 21.8 Å². The van der Waals surface area contributed by atoms with Gasteiger partial charge in [-0.15, -0.1) is 0 Å². The van der Waals surface area contributed by atoms with Crippen molar-refractivity contribution in [3.05, 3.63) is 11.8 Å². The standard InChI is InChI=1S/C5H8O5S/c1-3-4(5(6)7)10-11(2,8)9/h3H,1-2H3,(H,6,7)/b4-3+. The molecule has 0 spiro atoms. The zero-order valence-electron chi connectivity index (χ0n) is 6.07. The summed E-state index contributed by atoms with van der Waals surface area (Å²) in [4.78, 5) is 10.2. The summed E-state index contributed by atoms with van der Waals surface area (Å²) in [5, 5.41) is 8.28. The van der Waals surface area contributed by atoms with Crippen molar-refractivity contribution < 1.29 is 22.5 Å². The largest absolute Gasteiger partial charge is 0.475 e. The lowest BCUT2D eigenvalue weighted by atomic mass is 10.5. The Hall–Kier alpha value is -1.04. The molecule has 0 unspecified atom stereocenters. The first-order chi connectivity index (χ1) is 4.87. The van der Waals surface area contributed by atoms with Crippen molar-refractivity contribution >= 4 is 16.1 Å². The van der Waals surface area contributed by atoms with Gasteiger partial charge in [-0.25, -0.2) is 4.79 Å². The third-order valence-corrected chi connectivity index (χ3v) is 1.20. The molecule has 0 aromatic rings. The van der Waals surface area contributed by atoms with Crippen LogP contribution in [-0.4, -0.2) is 25.7 Å². The van der Waals surface area contributed by atoms with E-state index in [0.717, 1.165) is 12.3 Å². The topological polar surface area (TPSA) is 80.7 Å². The Morgan fingerprint density at radius 1 is 1.55 bits per heavy atom. The maximum atomic E-state index is 10.4. The highest BCUT2D eigenvalue weighted by Crippen LogP contribution is 2.01. The molecule has 0 rings (SSSR count). The molecule has 0 aromatic carbocycles. The zero-order valence-corrected chi connectivity index (χ0v) is 6.88. The highest BCUT2D eigenvalue weighted by atomic mass is 32.2. The molecule has 0 aliphatic rings. The van der Waals surface area contributed by atoms with Crippen LogP contribution in [0.2, 0.25) is 0 Å². The van der Waals surface area contributed by atoms with E-state index in [-0.39, 0.29) is 0 Å². The molecule has 0 atom stereocenters. The van der Waals surface area contributed by atoms with Crippen molar-refractivity contribution in [2.24, 2.45) is 0 Å². The van der Waals surface area contributed by atoms with Crippen LogP contribution in [0.1, 0.15) is 6.92 Å². The fraction of sp³-hybridized carbons (Fsp3) is 0.400. The van der Waals surface area contributed by atoms with Crippen LogP contribution in [0, 0.1) is 0 Å². The lowest BCUT2D eigenvalue weighted by Gasteiger charge is -2.00. The van der Waals surface area contributed by atoms with Crippen molar-refractivity contribution in [2.75, 3.05) is 6.26 Å². The second kappa shape index (κ2) is 3.38. The Balaban J connectivity index is 4.50. The zero-order chi connectivity index (χ0) is 9.07. The van der Waals surface area contributed by atoms with Gasteiger partial charge in [0.05, 0.1) is 6.26 Å². The van der Waals surface area contributed by atoms with E-state index in [4.69, 9.17) is 5.11 Å². The smallest absolute Gasteiger partial charge is 0.372 e. The Kier molecular flexibility index (Phi) is 3.06. The average molecular weight is 180 g/mol. The van der Waals surface area contributed by atoms with Gasteiger partial charge in [-0.3, -0.25) is 0 Å². The number of hydrogen-bond donors (Lipinski definition) is 1. The maximum Gasteiger partial charge on any atom is 0.372 e. The van der Waals surface area contributed by atoms with Crippen molar-refractivity contribution in [3.8, 4) is 0 Å². The average Bonchev–Trinajstić information content (AvgIpc) is 1.80. The predicted octanol–water partition coefficient (Wildman–Crippen LogP) is -0.0490. The lowest BCUT2D eigenvalue weighted by Crippen LogP contribution is -2.09. The van der Waals surface area contributed by atoms with Crippen LogP contribution in [0.5, 0.6) is 0 Å². The van der Waals surface area contributed by atoms with Gasteiger partial charge >= 0.3 is 16.1 Å². The Bertz CT molecular complexity index is 273. The van der Waals surface area contributed by atoms with Crippen LogP contribution >= 0.6 is 0 Å². The molecule has 0 fully saturated rings. The molecule has 0 aromatic heterocycles. The van der Waals surface area contributed by atoms with Gasteiger partial charge in [0, 0.05) is 0 Å². The predicted molar refractivity (Wildman–Crippen MR) is 37.3 cm³/mol. The number of carboxylic acid groups (broad SMARTS) is 1. The quantitative estimate of drug-likeness (QED) is 0.374. The number of carbonyl (C=O) groups is 1. The highest BCUT2D eigenvalue weighted by Gasteiger charge is 2.12. The molecule has 0 heterocycles. The molecule has 0 bridgehead atoms. The molecule has 0 saturated carbocycles. The molecular weight excluding hydrogens is 172 g/mol. The first-order valence-corrected chi connectivity index (χ1v) is 4.47. The summed E-state index contributed by atoms with van der Waals surface area (Å²) in [6.07, 6.45) is 1.84. The van der Waals surface area contributed by atoms with Crippen molar-refractivity contribution in [3.63, 3.8) is 0 Å². The summed E-state index contributed by atoms with van der Waals surface area (Å²) in [6.45, 7) is 1.37. The monoisotopic (exact) mass is 180 g/mol. The third kappa shape index (κ3) is 4.38. The molecule has 0 aliphatic carbocycles. The summed E-state index contributed by atoms with van der Waals surface area (Å²) in [5.74, 6) is -1.99. The second-order valence-corrected chi connectivity index (χ2v) is 3.32. The van der Waals surface area contributed by atoms with Gasteiger partial charge in [0.2, 0.25) is 5.76 Å². The molecule has 11 heavy (non-hydrogen) atoms. The molecule has 1 N–H and O–H groups in total. The number of hydrogen-bond acceptors (Lipinski definition) is 4. The van der Waals surface area contributed by atoms with Gasteiger partial charge in [-0.2, -0.15) is 8.42 Å². The molecule has 6 heteroatoms. The minimum absolute atomic E-state index is 0.590. The van der Waals surface area contributed by atoms with Gasteiger partial charge in [0.25, 0.3) is 0 Å². The van der Waals surface area contributed by atoms with Gasteiger partial charge in [0.1, 0.15) is 0 Å². The SMILES string of the molecule is C/C=C(/OS(C)(=O)=O)C(=O)O. The minimum Gasteiger partial charge on any atom is -0.475 e. The normalized spacial score (nSPS) is 12.7. The van der Waals surface area contributed by atoms with E-state index in [1.165, 1.54) is 6.92 Å². The van der Waals surface area contributed by atoms with E-state index in [1.807, 2.05) is 0 Å². The van der Waals surface area contributed by atoms with Crippen molar-refractivity contribution in [2.45, 2.75) is 6.92 Å². The van der Waals surface area contributed by atoms with Crippen LogP contribution in [0.3, 0.4) is 0 Å². The fourth-order valence-corrected chi connectivity index (χ4v) is 0.864.